The molecular formula is C14H12ClN3S. The molecule has 0 saturated heterocycles. The van der Waals surface area contributed by atoms with E-state index in [9.17, 15) is 0 Å². The molecule has 0 aliphatic carbocycles. The summed E-state index contributed by atoms with van der Waals surface area (Å²) < 4.78 is 0. The van der Waals surface area contributed by atoms with Gasteiger partial charge >= 0.3 is 0 Å². The van der Waals surface area contributed by atoms with Crippen LogP contribution in [0.25, 0.3) is 10.2 Å². The van der Waals surface area contributed by atoms with Crippen LogP contribution >= 0.6 is 22.9 Å². The Labute approximate surface area is 120 Å². The zero-order valence-electron chi connectivity index (χ0n) is 10.4. The van der Waals surface area contributed by atoms with Crippen molar-refractivity contribution >= 4 is 39.0 Å². The highest BCUT2D eigenvalue weighted by molar-refractivity contribution is 7.18. The zero-order chi connectivity index (χ0) is 13.2. The van der Waals surface area contributed by atoms with E-state index in [1.54, 1.807) is 17.7 Å². The van der Waals surface area contributed by atoms with E-state index in [1.807, 2.05) is 24.3 Å². The van der Waals surface area contributed by atoms with Crippen molar-refractivity contribution in [1.82, 2.24) is 9.97 Å². The lowest BCUT2D eigenvalue weighted by molar-refractivity contribution is 1.11. The molecule has 0 bridgehead atoms. The highest BCUT2D eigenvalue weighted by Gasteiger charge is 2.06. The van der Waals surface area contributed by atoms with Gasteiger partial charge in [-0.2, -0.15) is 0 Å². The summed E-state index contributed by atoms with van der Waals surface area (Å²) in [6.07, 6.45) is 1.60. The fraction of sp³-hybridized carbons (Fsp3) is 0.143. The highest BCUT2D eigenvalue weighted by Crippen LogP contribution is 2.27. The predicted octanol–water partition coefficient (Wildman–Crippen LogP) is 4.27. The highest BCUT2D eigenvalue weighted by atomic mass is 35.5. The maximum Gasteiger partial charge on any atom is 0.138 e. The summed E-state index contributed by atoms with van der Waals surface area (Å²) in [6.45, 7) is 2.77. The van der Waals surface area contributed by atoms with Gasteiger partial charge < -0.3 is 5.32 Å². The van der Waals surface area contributed by atoms with Crippen LogP contribution in [0.3, 0.4) is 0 Å². The predicted molar refractivity (Wildman–Crippen MR) is 80.9 cm³/mol. The number of hydrogen-bond acceptors (Lipinski definition) is 4. The molecule has 1 aromatic carbocycles. The summed E-state index contributed by atoms with van der Waals surface area (Å²) in [5, 5.41) is 5.17. The minimum Gasteiger partial charge on any atom is -0.365 e. The lowest BCUT2D eigenvalue weighted by atomic mass is 10.2. The number of aromatic nitrogens is 2. The molecule has 0 fully saturated rings. The number of anilines is 1. The summed E-state index contributed by atoms with van der Waals surface area (Å²) >= 11 is 7.65. The maximum atomic E-state index is 5.97. The Balaban J connectivity index is 1.85. The van der Waals surface area contributed by atoms with Crippen LogP contribution in [-0.2, 0) is 6.54 Å². The Bertz CT molecular complexity index is 724. The van der Waals surface area contributed by atoms with Crippen molar-refractivity contribution in [2.24, 2.45) is 0 Å². The van der Waals surface area contributed by atoms with Gasteiger partial charge in [0.2, 0.25) is 0 Å². The topological polar surface area (TPSA) is 37.8 Å². The molecule has 0 saturated carbocycles. The Kier molecular flexibility index (Phi) is 3.36. The molecule has 1 N–H and O–H groups in total. The van der Waals surface area contributed by atoms with Crippen LogP contribution in [0.2, 0.25) is 5.02 Å². The van der Waals surface area contributed by atoms with E-state index in [0.29, 0.717) is 6.54 Å². The average Bonchev–Trinajstić information content (AvgIpc) is 2.77. The largest absolute Gasteiger partial charge is 0.365 e. The molecule has 3 aromatic rings. The first kappa shape index (κ1) is 12.4. The van der Waals surface area contributed by atoms with E-state index in [0.717, 1.165) is 26.6 Å². The zero-order valence-corrected chi connectivity index (χ0v) is 11.9. The maximum absolute atomic E-state index is 5.97. The number of hydrogen-bond donors (Lipinski definition) is 1. The molecule has 0 spiro atoms. The normalized spacial score (nSPS) is 10.8. The summed E-state index contributed by atoms with van der Waals surface area (Å²) in [6, 6.07) is 9.92. The molecule has 0 atom stereocenters. The fourth-order valence-corrected chi connectivity index (χ4v) is 3.01. The number of aryl methyl sites for hydroxylation is 1. The van der Waals surface area contributed by atoms with Crippen molar-refractivity contribution in [3.05, 3.63) is 52.1 Å². The quantitative estimate of drug-likeness (QED) is 0.782. The van der Waals surface area contributed by atoms with Gasteiger partial charge in [0.1, 0.15) is 17.0 Å². The fourth-order valence-electron chi connectivity index (χ4n) is 1.95. The average molecular weight is 290 g/mol. The number of halogens is 1. The number of rotatable bonds is 3. The second kappa shape index (κ2) is 5.15. The first-order valence-electron chi connectivity index (χ1n) is 5.92. The molecule has 2 aromatic heterocycles. The van der Waals surface area contributed by atoms with Crippen molar-refractivity contribution in [2.75, 3.05) is 5.32 Å². The van der Waals surface area contributed by atoms with Crippen molar-refractivity contribution in [3.63, 3.8) is 0 Å². The van der Waals surface area contributed by atoms with E-state index < -0.39 is 0 Å². The number of nitrogens with one attached hydrogen (secondary N) is 1. The molecule has 3 rings (SSSR count). The van der Waals surface area contributed by atoms with Crippen molar-refractivity contribution in [3.8, 4) is 0 Å². The smallest absolute Gasteiger partial charge is 0.138 e. The molecule has 3 nitrogen and oxygen atoms in total. The SMILES string of the molecule is Cc1cc2c(NCc3cccc(Cl)c3)ncnc2s1. The summed E-state index contributed by atoms with van der Waals surface area (Å²) in [5.41, 5.74) is 1.13. The van der Waals surface area contributed by atoms with E-state index in [1.165, 1.54) is 4.88 Å². The van der Waals surface area contributed by atoms with Crippen LogP contribution in [0, 0.1) is 6.92 Å². The minimum absolute atomic E-state index is 0.696. The number of nitrogens with zero attached hydrogens (tertiary/aromatic N) is 2. The summed E-state index contributed by atoms with van der Waals surface area (Å²) in [7, 11) is 0. The van der Waals surface area contributed by atoms with Crippen LogP contribution in [0.1, 0.15) is 10.4 Å². The van der Waals surface area contributed by atoms with E-state index in [2.05, 4.69) is 28.3 Å². The second-order valence-electron chi connectivity index (χ2n) is 4.28. The van der Waals surface area contributed by atoms with Crippen LogP contribution < -0.4 is 5.32 Å². The number of benzene rings is 1. The number of fused-ring (bicyclic) bond motifs is 1. The van der Waals surface area contributed by atoms with Gasteiger partial charge in [-0.1, -0.05) is 23.7 Å². The lowest BCUT2D eigenvalue weighted by Gasteiger charge is -2.06. The molecule has 96 valence electrons. The van der Waals surface area contributed by atoms with Gasteiger partial charge in [0, 0.05) is 16.4 Å². The molecule has 0 aliphatic rings. The third-order valence-electron chi connectivity index (χ3n) is 2.80. The van der Waals surface area contributed by atoms with E-state index >= 15 is 0 Å². The lowest BCUT2D eigenvalue weighted by Crippen LogP contribution is -2.01. The monoisotopic (exact) mass is 289 g/mol. The van der Waals surface area contributed by atoms with Gasteiger partial charge in [0.25, 0.3) is 0 Å². The molecule has 0 aliphatic heterocycles. The standard InChI is InChI=1S/C14H12ClN3S/c1-9-5-12-13(17-8-18-14(12)19-9)16-7-10-3-2-4-11(15)6-10/h2-6,8H,7H2,1H3,(H,16,17,18). The molecule has 2 heterocycles. The van der Waals surface area contributed by atoms with Gasteiger partial charge in [-0.05, 0) is 30.7 Å². The Morgan fingerprint density at radius 1 is 1.26 bits per heavy atom. The van der Waals surface area contributed by atoms with E-state index in [-0.39, 0.29) is 0 Å². The Hall–Kier alpha value is -1.65. The van der Waals surface area contributed by atoms with E-state index in [4.69, 9.17) is 11.6 Å². The first-order chi connectivity index (χ1) is 9.22. The van der Waals surface area contributed by atoms with Crippen molar-refractivity contribution in [1.29, 1.82) is 0 Å². The van der Waals surface area contributed by atoms with Gasteiger partial charge in [0.05, 0.1) is 5.39 Å². The third-order valence-corrected chi connectivity index (χ3v) is 4.00. The van der Waals surface area contributed by atoms with Gasteiger partial charge in [0.15, 0.2) is 0 Å². The van der Waals surface area contributed by atoms with Crippen molar-refractivity contribution in [2.45, 2.75) is 13.5 Å². The van der Waals surface area contributed by atoms with Crippen LogP contribution in [0.15, 0.2) is 36.7 Å². The molecule has 0 amide bonds. The van der Waals surface area contributed by atoms with Gasteiger partial charge in [-0.15, -0.1) is 11.3 Å². The van der Waals surface area contributed by atoms with Crippen molar-refractivity contribution < 1.29 is 0 Å². The third kappa shape index (κ3) is 2.69. The van der Waals surface area contributed by atoms with Gasteiger partial charge in [-0.25, -0.2) is 9.97 Å². The molecular weight excluding hydrogens is 278 g/mol. The van der Waals surface area contributed by atoms with Crippen LogP contribution in [-0.4, -0.2) is 9.97 Å². The first-order valence-corrected chi connectivity index (χ1v) is 7.11. The summed E-state index contributed by atoms with van der Waals surface area (Å²) in [5.74, 6) is 0.870. The van der Waals surface area contributed by atoms with Crippen LogP contribution in [0.4, 0.5) is 5.82 Å². The molecule has 0 radical (unpaired) electrons. The Morgan fingerprint density at radius 3 is 3.00 bits per heavy atom. The van der Waals surface area contributed by atoms with Gasteiger partial charge in [-0.3, -0.25) is 0 Å². The summed E-state index contributed by atoms with van der Waals surface area (Å²) in [4.78, 5) is 10.8. The molecule has 5 heteroatoms. The molecule has 19 heavy (non-hydrogen) atoms. The molecule has 0 unspecified atom stereocenters. The number of thiophene rings is 1. The van der Waals surface area contributed by atoms with Crippen LogP contribution in [0.5, 0.6) is 0 Å². The minimum atomic E-state index is 0.696. The Morgan fingerprint density at radius 2 is 2.16 bits per heavy atom. The second-order valence-corrected chi connectivity index (χ2v) is 5.95.